The van der Waals surface area contributed by atoms with Crippen molar-refractivity contribution in [3.8, 4) is 5.75 Å². The molecule has 3 nitrogen and oxygen atoms in total. The molecule has 0 fully saturated rings. The monoisotopic (exact) mass is 285 g/mol. The number of ether oxygens (including phenoxy) is 2. The summed E-state index contributed by atoms with van der Waals surface area (Å²) in [6.07, 6.45) is -0.0662. The Hall–Kier alpha value is -0.770. The van der Waals surface area contributed by atoms with Gasteiger partial charge in [-0.3, -0.25) is 0 Å². The van der Waals surface area contributed by atoms with Crippen molar-refractivity contribution in [3.63, 3.8) is 0 Å². The van der Waals surface area contributed by atoms with Crippen LogP contribution in [-0.2, 0) is 4.74 Å². The first-order chi connectivity index (χ1) is 8.81. The van der Waals surface area contributed by atoms with Crippen LogP contribution in [-0.4, -0.2) is 31.9 Å². The molecule has 1 atom stereocenters. The third-order valence-corrected chi connectivity index (χ3v) is 2.91. The highest BCUT2D eigenvalue weighted by atomic mass is 35.5. The van der Waals surface area contributed by atoms with Crippen molar-refractivity contribution >= 4 is 11.6 Å². The maximum Gasteiger partial charge on any atom is 0.138 e. The van der Waals surface area contributed by atoms with Crippen LogP contribution >= 0.6 is 11.6 Å². The van der Waals surface area contributed by atoms with E-state index in [1.807, 2.05) is 25.1 Å². The molecule has 19 heavy (non-hydrogen) atoms. The van der Waals surface area contributed by atoms with Crippen molar-refractivity contribution < 1.29 is 9.47 Å². The summed E-state index contributed by atoms with van der Waals surface area (Å²) in [5, 5.41) is 4.04. The van der Waals surface area contributed by atoms with E-state index < -0.39 is 0 Å². The van der Waals surface area contributed by atoms with Gasteiger partial charge in [0.1, 0.15) is 11.9 Å². The third kappa shape index (κ3) is 6.28. The van der Waals surface area contributed by atoms with E-state index in [0.29, 0.717) is 23.9 Å². The largest absolute Gasteiger partial charge is 0.485 e. The molecule has 0 aliphatic heterocycles. The summed E-state index contributed by atoms with van der Waals surface area (Å²) in [6, 6.07) is 5.77. The first kappa shape index (κ1) is 16.3. The Morgan fingerprint density at radius 3 is 2.58 bits per heavy atom. The van der Waals surface area contributed by atoms with E-state index in [1.54, 1.807) is 7.11 Å². The summed E-state index contributed by atoms with van der Waals surface area (Å²) < 4.78 is 11.1. The van der Waals surface area contributed by atoms with Gasteiger partial charge in [-0.25, -0.2) is 0 Å². The predicted molar refractivity (Wildman–Crippen MR) is 80.2 cm³/mol. The lowest BCUT2D eigenvalue weighted by molar-refractivity contribution is 0.0765. The van der Waals surface area contributed by atoms with Crippen molar-refractivity contribution in [2.45, 2.75) is 39.3 Å². The molecule has 108 valence electrons. The summed E-state index contributed by atoms with van der Waals surface area (Å²) >= 11 is 6.14. The van der Waals surface area contributed by atoms with E-state index in [-0.39, 0.29) is 11.6 Å². The van der Waals surface area contributed by atoms with Crippen LogP contribution in [0.25, 0.3) is 0 Å². The predicted octanol–water partition coefficient (Wildman–Crippen LogP) is 3.43. The van der Waals surface area contributed by atoms with Gasteiger partial charge in [-0.1, -0.05) is 17.7 Å². The molecule has 0 saturated carbocycles. The first-order valence-electron chi connectivity index (χ1n) is 6.48. The summed E-state index contributed by atoms with van der Waals surface area (Å²) in [4.78, 5) is 0. The van der Waals surface area contributed by atoms with Crippen molar-refractivity contribution in [3.05, 3.63) is 28.8 Å². The minimum absolute atomic E-state index is 0.0474. The fourth-order valence-corrected chi connectivity index (χ4v) is 1.78. The highest BCUT2D eigenvalue weighted by Crippen LogP contribution is 2.26. The summed E-state index contributed by atoms with van der Waals surface area (Å²) in [6.45, 7) is 9.61. The number of rotatable bonds is 6. The Morgan fingerprint density at radius 2 is 2.00 bits per heavy atom. The number of halogens is 1. The van der Waals surface area contributed by atoms with Crippen LogP contribution in [0.4, 0.5) is 0 Å². The Morgan fingerprint density at radius 1 is 1.32 bits per heavy atom. The Balaban J connectivity index is 2.69. The number of nitrogens with one attached hydrogen (secondary N) is 1. The van der Waals surface area contributed by atoms with Gasteiger partial charge >= 0.3 is 0 Å². The Kier molecular flexibility index (Phi) is 6.11. The molecule has 1 N–H and O–H groups in total. The van der Waals surface area contributed by atoms with Crippen molar-refractivity contribution in [2.24, 2.45) is 0 Å². The molecule has 0 bridgehead atoms. The maximum atomic E-state index is 6.14. The van der Waals surface area contributed by atoms with Crippen molar-refractivity contribution in [1.29, 1.82) is 0 Å². The van der Waals surface area contributed by atoms with Gasteiger partial charge in [0.15, 0.2) is 0 Å². The summed E-state index contributed by atoms with van der Waals surface area (Å²) in [5.74, 6) is 0.708. The number of benzene rings is 1. The molecular weight excluding hydrogens is 262 g/mol. The smallest absolute Gasteiger partial charge is 0.138 e. The topological polar surface area (TPSA) is 30.5 Å². The fourth-order valence-electron chi connectivity index (χ4n) is 1.62. The second-order valence-electron chi connectivity index (χ2n) is 5.76. The van der Waals surface area contributed by atoms with Gasteiger partial charge in [0.25, 0.3) is 0 Å². The molecule has 1 unspecified atom stereocenters. The van der Waals surface area contributed by atoms with Gasteiger partial charge in [-0.2, -0.15) is 0 Å². The standard InChI is InChI=1S/C15H24ClNO2/c1-11-6-7-13(16)14(8-11)19-12(10-18-5)9-17-15(2,3)4/h6-8,12,17H,9-10H2,1-5H3. The molecule has 1 aromatic carbocycles. The number of methoxy groups -OCH3 is 1. The zero-order chi connectivity index (χ0) is 14.5. The molecule has 0 spiro atoms. The van der Waals surface area contributed by atoms with E-state index in [1.165, 1.54) is 0 Å². The molecule has 4 heteroatoms. The van der Waals surface area contributed by atoms with Gasteiger partial charge in [-0.05, 0) is 45.4 Å². The molecule has 1 rings (SSSR count). The minimum Gasteiger partial charge on any atom is -0.485 e. The van der Waals surface area contributed by atoms with Crippen LogP contribution in [0.15, 0.2) is 18.2 Å². The molecule has 1 aromatic rings. The normalized spacial score (nSPS) is 13.4. The lowest BCUT2D eigenvalue weighted by Gasteiger charge is -2.26. The lowest BCUT2D eigenvalue weighted by atomic mass is 10.1. The van der Waals surface area contributed by atoms with Gasteiger partial charge in [-0.15, -0.1) is 0 Å². The maximum absolute atomic E-state index is 6.14. The van der Waals surface area contributed by atoms with Gasteiger partial charge < -0.3 is 14.8 Å². The molecule has 0 aromatic heterocycles. The van der Waals surface area contributed by atoms with Crippen LogP contribution in [0.2, 0.25) is 5.02 Å². The molecular formula is C15H24ClNO2. The highest BCUT2D eigenvalue weighted by molar-refractivity contribution is 6.32. The van der Waals surface area contributed by atoms with Crippen molar-refractivity contribution in [1.82, 2.24) is 5.32 Å². The molecule has 0 heterocycles. The molecule has 0 amide bonds. The molecule has 0 saturated heterocycles. The Bertz CT molecular complexity index is 402. The van der Waals surface area contributed by atoms with Gasteiger partial charge in [0.05, 0.1) is 11.6 Å². The van der Waals surface area contributed by atoms with E-state index >= 15 is 0 Å². The van der Waals surface area contributed by atoms with Crippen LogP contribution in [0, 0.1) is 6.92 Å². The van der Waals surface area contributed by atoms with Crippen LogP contribution in [0.5, 0.6) is 5.75 Å². The summed E-state index contributed by atoms with van der Waals surface area (Å²) in [7, 11) is 1.67. The van der Waals surface area contributed by atoms with Crippen LogP contribution in [0.1, 0.15) is 26.3 Å². The van der Waals surface area contributed by atoms with Crippen LogP contribution < -0.4 is 10.1 Å². The zero-order valence-electron chi connectivity index (χ0n) is 12.4. The van der Waals surface area contributed by atoms with Gasteiger partial charge in [0.2, 0.25) is 0 Å². The number of hydrogen-bond donors (Lipinski definition) is 1. The average molecular weight is 286 g/mol. The summed E-state index contributed by atoms with van der Waals surface area (Å²) in [5.41, 5.74) is 1.17. The molecule has 0 radical (unpaired) electrons. The fraction of sp³-hybridized carbons (Fsp3) is 0.600. The Labute approximate surface area is 121 Å². The number of aryl methyl sites for hydroxylation is 1. The lowest BCUT2D eigenvalue weighted by Crippen LogP contribution is -2.44. The quantitative estimate of drug-likeness (QED) is 0.869. The zero-order valence-corrected chi connectivity index (χ0v) is 13.2. The van der Waals surface area contributed by atoms with Gasteiger partial charge in [0, 0.05) is 19.2 Å². The average Bonchev–Trinajstić information content (AvgIpc) is 2.30. The SMILES string of the molecule is COCC(CNC(C)(C)C)Oc1cc(C)ccc1Cl. The van der Waals surface area contributed by atoms with E-state index in [0.717, 1.165) is 5.56 Å². The third-order valence-electron chi connectivity index (χ3n) is 2.59. The highest BCUT2D eigenvalue weighted by Gasteiger charge is 2.16. The van der Waals surface area contributed by atoms with E-state index in [2.05, 4.69) is 26.1 Å². The minimum atomic E-state index is -0.0662. The van der Waals surface area contributed by atoms with Crippen LogP contribution in [0.3, 0.4) is 0 Å². The van der Waals surface area contributed by atoms with Crippen molar-refractivity contribution in [2.75, 3.05) is 20.3 Å². The molecule has 0 aliphatic rings. The second-order valence-corrected chi connectivity index (χ2v) is 6.17. The molecule has 0 aliphatic carbocycles. The van der Waals surface area contributed by atoms with E-state index in [9.17, 15) is 0 Å². The van der Waals surface area contributed by atoms with E-state index in [4.69, 9.17) is 21.1 Å². The number of hydrogen-bond acceptors (Lipinski definition) is 3. The first-order valence-corrected chi connectivity index (χ1v) is 6.86. The second kappa shape index (κ2) is 7.13.